The van der Waals surface area contributed by atoms with Gasteiger partial charge in [-0.25, -0.2) is 4.79 Å². The summed E-state index contributed by atoms with van der Waals surface area (Å²) in [5, 5.41) is 10.1. The molecule has 1 atom stereocenters. The van der Waals surface area contributed by atoms with Crippen molar-refractivity contribution in [3.05, 3.63) is 30.1 Å². The van der Waals surface area contributed by atoms with Crippen molar-refractivity contribution in [3.8, 4) is 0 Å². The van der Waals surface area contributed by atoms with E-state index in [4.69, 9.17) is 9.90 Å². The Morgan fingerprint density at radius 1 is 1.32 bits per heavy atom. The standard InChI is InChI=1S/C20H32N4O.CH2O2/c1-2-3-8-19(17-7-6-11-21-16-17)22-20(25)24-14-9-18(10-15-24)23-12-4-5-13-23;2-1-3/h6-7,11,16,18-19H,2-5,8-10,12-15H2,1H3,(H,22,25);1H,(H,2,3). The van der Waals surface area contributed by atoms with E-state index in [-0.39, 0.29) is 18.5 Å². The van der Waals surface area contributed by atoms with E-state index >= 15 is 0 Å². The smallest absolute Gasteiger partial charge is 0.317 e. The molecule has 0 saturated carbocycles. The van der Waals surface area contributed by atoms with E-state index in [0.717, 1.165) is 50.8 Å². The zero-order valence-electron chi connectivity index (χ0n) is 16.9. The molecule has 28 heavy (non-hydrogen) atoms. The van der Waals surface area contributed by atoms with Gasteiger partial charge in [0, 0.05) is 31.5 Å². The minimum Gasteiger partial charge on any atom is -0.483 e. The molecule has 0 aliphatic carbocycles. The topological polar surface area (TPSA) is 85.8 Å². The van der Waals surface area contributed by atoms with Crippen LogP contribution in [-0.4, -0.2) is 64.6 Å². The van der Waals surface area contributed by atoms with Crippen molar-refractivity contribution in [1.82, 2.24) is 20.1 Å². The summed E-state index contributed by atoms with van der Waals surface area (Å²) in [4.78, 5) is 30.0. The first kappa shape index (κ1) is 22.1. The van der Waals surface area contributed by atoms with Gasteiger partial charge in [-0.2, -0.15) is 0 Å². The van der Waals surface area contributed by atoms with Gasteiger partial charge in [-0.1, -0.05) is 25.8 Å². The molecule has 2 aliphatic rings. The van der Waals surface area contributed by atoms with Crippen molar-refractivity contribution < 1.29 is 14.7 Å². The number of carbonyl (C=O) groups is 2. The Labute approximate surface area is 168 Å². The first-order valence-electron chi connectivity index (χ1n) is 10.5. The van der Waals surface area contributed by atoms with Crippen LogP contribution in [0.25, 0.3) is 0 Å². The largest absolute Gasteiger partial charge is 0.483 e. The van der Waals surface area contributed by atoms with Crippen LogP contribution in [0.1, 0.15) is 63.5 Å². The third-order valence-electron chi connectivity index (χ3n) is 5.64. The zero-order chi connectivity index (χ0) is 20.2. The number of carbonyl (C=O) groups excluding carboxylic acids is 1. The van der Waals surface area contributed by atoms with E-state index in [0.29, 0.717) is 6.04 Å². The fourth-order valence-corrected chi connectivity index (χ4v) is 4.09. The Morgan fingerprint density at radius 3 is 2.57 bits per heavy atom. The number of urea groups is 1. The molecule has 1 unspecified atom stereocenters. The highest BCUT2D eigenvalue weighted by molar-refractivity contribution is 5.74. The van der Waals surface area contributed by atoms with Crippen LogP contribution in [0.2, 0.25) is 0 Å². The Hall–Kier alpha value is -2.15. The van der Waals surface area contributed by atoms with Gasteiger partial charge in [0.2, 0.25) is 0 Å². The second kappa shape index (κ2) is 12.3. The van der Waals surface area contributed by atoms with Crippen LogP contribution < -0.4 is 5.32 Å². The highest BCUT2D eigenvalue weighted by Gasteiger charge is 2.29. The number of piperidine rings is 1. The van der Waals surface area contributed by atoms with Gasteiger partial charge in [-0.05, 0) is 56.8 Å². The van der Waals surface area contributed by atoms with Gasteiger partial charge in [0.05, 0.1) is 6.04 Å². The van der Waals surface area contributed by atoms with E-state index in [1.54, 1.807) is 6.20 Å². The van der Waals surface area contributed by atoms with Gasteiger partial charge in [0.15, 0.2) is 0 Å². The lowest BCUT2D eigenvalue weighted by Crippen LogP contribution is -2.49. The number of likely N-dealkylation sites (tertiary alicyclic amines) is 2. The van der Waals surface area contributed by atoms with Crippen molar-refractivity contribution in [3.63, 3.8) is 0 Å². The molecule has 7 heteroatoms. The molecule has 7 nitrogen and oxygen atoms in total. The van der Waals surface area contributed by atoms with Crippen LogP contribution in [-0.2, 0) is 4.79 Å². The second-order valence-electron chi connectivity index (χ2n) is 7.50. The fraction of sp³-hybridized carbons (Fsp3) is 0.667. The molecular weight excluding hydrogens is 356 g/mol. The molecule has 156 valence electrons. The Kier molecular flexibility index (Phi) is 9.76. The lowest BCUT2D eigenvalue weighted by Gasteiger charge is -2.37. The Balaban J connectivity index is 0.000000878. The summed E-state index contributed by atoms with van der Waals surface area (Å²) in [6.07, 6.45) is 11.8. The number of hydrogen-bond donors (Lipinski definition) is 2. The first-order chi connectivity index (χ1) is 13.7. The highest BCUT2D eigenvalue weighted by atomic mass is 16.3. The van der Waals surface area contributed by atoms with Gasteiger partial charge < -0.3 is 20.2 Å². The van der Waals surface area contributed by atoms with Gasteiger partial charge in [0.25, 0.3) is 6.47 Å². The molecule has 0 bridgehead atoms. The summed E-state index contributed by atoms with van der Waals surface area (Å²) < 4.78 is 0. The summed E-state index contributed by atoms with van der Waals surface area (Å²) >= 11 is 0. The number of amides is 2. The average molecular weight is 391 g/mol. The molecule has 3 heterocycles. The summed E-state index contributed by atoms with van der Waals surface area (Å²) in [6, 6.07) is 4.85. The second-order valence-corrected chi connectivity index (χ2v) is 7.50. The number of aromatic nitrogens is 1. The molecule has 2 fully saturated rings. The number of pyridine rings is 1. The van der Waals surface area contributed by atoms with Crippen LogP contribution in [0, 0.1) is 0 Å². The molecular formula is C21H34N4O3. The zero-order valence-corrected chi connectivity index (χ0v) is 16.9. The van der Waals surface area contributed by atoms with Gasteiger partial charge in [-0.15, -0.1) is 0 Å². The number of rotatable bonds is 6. The number of unbranched alkanes of at least 4 members (excludes halogenated alkanes) is 1. The molecule has 2 aliphatic heterocycles. The molecule has 1 aromatic rings. The van der Waals surface area contributed by atoms with E-state index in [9.17, 15) is 4.79 Å². The van der Waals surface area contributed by atoms with E-state index < -0.39 is 0 Å². The minimum absolute atomic E-state index is 0.0671. The maximum absolute atomic E-state index is 12.8. The lowest BCUT2D eigenvalue weighted by molar-refractivity contribution is -0.122. The van der Waals surface area contributed by atoms with Crippen LogP contribution in [0.5, 0.6) is 0 Å². The number of hydrogen-bond acceptors (Lipinski definition) is 4. The van der Waals surface area contributed by atoms with Crippen molar-refractivity contribution in [2.45, 2.75) is 64.0 Å². The Bertz CT molecular complexity index is 570. The first-order valence-corrected chi connectivity index (χ1v) is 10.5. The van der Waals surface area contributed by atoms with Gasteiger partial charge >= 0.3 is 6.03 Å². The predicted octanol–water partition coefficient (Wildman–Crippen LogP) is 3.28. The molecule has 1 aromatic heterocycles. The lowest BCUT2D eigenvalue weighted by atomic mass is 10.0. The van der Waals surface area contributed by atoms with E-state index in [1.165, 1.54) is 25.9 Å². The van der Waals surface area contributed by atoms with Crippen LogP contribution in [0.3, 0.4) is 0 Å². The highest BCUT2D eigenvalue weighted by Crippen LogP contribution is 2.23. The fourth-order valence-electron chi connectivity index (χ4n) is 4.09. The monoisotopic (exact) mass is 390 g/mol. The van der Waals surface area contributed by atoms with E-state index in [1.807, 2.05) is 17.2 Å². The molecule has 2 N–H and O–H groups in total. The SMILES string of the molecule is CCCCC(NC(=O)N1CCC(N2CCCC2)CC1)c1cccnc1.O=CO. The Morgan fingerprint density at radius 2 is 2.00 bits per heavy atom. The van der Waals surface area contributed by atoms with Crippen molar-refractivity contribution in [1.29, 1.82) is 0 Å². The predicted molar refractivity (Wildman–Crippen MR) is 109 cm³/mol. The third-order valence-corrected chi connectivity index (χ3v) is 5.64. The quantitative estimate of drug-likeness (QED) is 0.728. The molecule has 0 spiro atoms. The molecule has 0 aromatic carbocycles. The van der Waals surface area contributed by atoms with Crippen molar-refractivity contribution in [2.75, 3.05) is 26.2 Å². The summed E-state index contributed by atoms with van der Waals surface area (Å²) in [5.74, 6) is 0. The number of carboxylic acid groups (broad SMARTS) is 1. The van der Waals surface area contributed by atoms with Crippen molar-refractivity contribution in [2.24, 2.45) is 0 Å². The third kappa shape index (κ3) is 6.78. The van der Waals surface area contributed by atoms with Gasteiger partial charge in [0.1, 0.15) is 0 Å². The minimum atomic E-state index is -0.250. The van der Waals surface area contributed by atoms with Gasteiger partial charge in [-0.3, -0.25) is 9.78 Å². The normalized spacial score (nSPS) is 18.8. The number of nitrogens with zero attached hydrogens (tertiary/aromatic N) is 3. The molecule has 3 rings (SSSR count). The summed E-state index contributed by atoms with van der Waals surface area (Å²) in [7, 11) is 0. The van der Waals surface area contributed by atoms with Crippen LogP contribution in [0.15, 0.2) is 24.5 Å². The summed E-state index contributed by atoms with van der Waals surface area (Å²) in [5.41, 5.74) is 1.11. The summed E-state index contributed by atoms with van der Waals surface area (Å²) in [6.45, 7) is 6.18. The van der Waals surface area contributed by atoms with E-state index in [2.05, 4.69) is 28.2 Å². The average Bonchev–Trinajstić information content (AvgIpc) is 3.27. The number of nitrogens with one attached hydrogen (secondary N) is 1. The van der Waals surface area contributed by atoms with Crippen LogP contribution >= 0.6 is 0 Å². The molecule has 0 radical (unpaired) electrons. The maximum Gasteiger partial charge on any atom is 0.317 e. The van der Waals surface area contributed by atoms with Crippen molar-refractivity contribution >= 4 is 12.5 Å². The molecule has 2 amide bonds. The van der Waals surface area contributed by atoms with Crippen LogP contribution in [0.4, 0.5) is 4.79 Å². The molecule has 2 saturated heterocycles. The maximum atomic E-state index is 12.8.